The minimum Gasteiger partial charge on any atom is -0.493 e. The number of carbonyl (C=O) groups excluding carboxylic acids is 1. The van der Waals surface area contributed by atoms with Crippen LogP contribution in [0, 0.1) is 17.7 Å². The molecule has 1 atom stereocenters. The van der Waals surface area contributed by atoms with Gasteiger partial charge in [-0.25, -0.2) is 4.39 Å². The van der Waals surface area contributed by atoms with Crippen molar-refractivity contribution in [2.24, 2.45) is 0 Å². The Morgan fingerprint density at radius 3 is 2.84 bits per heavy atom. The molecule has 0 bridgehead atoms. The van der Waals surface area contributed by atoms with Crippen molar-refractivity contribution in [2.75, 3.05) is 19.8 Å². The van der Waals surface area contributed by atoms with Gasteiger partial charge in [-0.05, 0) is 54.8 Å². The monoisotopic (exact) mass is 424 g/mol. The van der Waals surface area contributed by atoms with Gasteiger partial charge in [-0.2, -0.15) is 0 Å². The van der Waals surface area contributed by atoms with E-state index in [-0.39, 0.29) is 19.0 Å². The van der Waals surface area contributed by atoms with Gasteiger partial charge in [0.05, 0.1) is 24.8 Å². The van der Waals surface area contributed by atoms with E-state index in [0.29, 0.717) is 35.3 Å². The first kappa shape index (κ1) is 22.3. The van der Waals surface area contributed by atoms with Gasteiger partial charge in [-0.1, -0.05) is 18.8 Å². The lowest BCUT2D eigenvalue weighted by Gasteiger charge is -2.18. The number of aromatic nitrogens is 1. The number of hydrogen-bond acceptors (Lipinski definition) is 4. The quantitative estimate of drug-likeness (QED) is 0.418. The van der Waals surface area contributed by atoms with Crippen molar-refractivity contribution in [3.8, 4) is 17.6 Å². The fourth-order valence-electron chi connectivity index (χ4n) is 3.27. The summed E-state index contributed by atoms with van der Waals surface area (Å²) in [5.41, 5.74) is 2.43. The second-order valence-corrected chi connectivity index (χ2v) is 7.08. The minimum absolute atomic E-state index is 0.284. The second-order valence-electron chi connectivity index (χ2n) is 7.08. The summed E-state index contributed by atoms with van der Waals surface area (Å²) in [6.45, 7) is 1.84. The Morgan fingerprint density at radius 2 is 2.10 bits per heavy atom. The maximum atomic E-state index is 13.6. The molecule has 0 saturated carbocycles. The normalized spacial score (nSPS) is 11.6. The molecule has 7 heteroatoms. The summed E-state index contributed by atoms with van der Waals surface area (Å²) in [5, 5.41) is 22.3. The number of rotatable bonds is 8. The number of aliphatic hydroxyl groups excluding tert-OH is 2. The maximum Gasteiger partial charge on any atom is 0.255 e. The molecular formula is C24H25FN2O4. The van der Waals surface area contributed by atoms with Gasteiger partial charge in [-0.15, -0.1) is 0 Å². The lowest BCUT2D eigenvalue weighted by Crippen LogP contribution is -2.39. The zero-order valence-electron chi connectivity index (χ0n) is 17.2. The predicted octanol–water partition coefficient (Wildman–Crippen LogP) is 2.77. The predicted molar refractivity (Wildman–Crippen MR) is 116 cm³/mol. The molecule has 0 aliphatic rings. The number of fused-ring (bicyclic) bond motifs is 1. The molecule has 2 aromatic carbocycles. The largest absolute Gasteiger partial charge is 0.493 e. The number of carbonyl (C=O) groups is 1. The van der Waals surface area contributed by atoms with Crippen molar-refractivity contribution in [3.05, 3.63) is 65.1 Å². The minimum atomic E-state index is -0.582. The number of halogens is 1. The van der Waals surface area contributed by atoms with Crippen LogP contribution in [0.25, 0.3) is 10.9 Å². The smallest absolute Gasteiger partial charge is 0.255 e. The van der Waals surface area contributed by atoms with Gasteiger partial charge in [0, 0.05) is 22.7 Å². The Balaban J connectivity index is 1.82. The number of ether oxygens (including phenoxy) is 1. The molecule has 3 rings (SSSR count). The van der Waals surface area contributed by atoms with E-state index in [4.69, 9.17) is 9.84 Å². The standard InChI is InChI=1S/C24H25FN2O4/c1-2-10-31-23-8-5-16(4-3-9-28)11-21(23)24(30)27-19(15-29)12-17-14-26-22-7-6-18(25)13-20(17)22/h5-8,11,13-14,19,26,28-29H,2,9-10,12,15H2,1H3,(H,27,30). The highest BCUT2D eigenvalue weighted by atomic mass is 19.1. The molecule has 162 valence electrons. The van der Waals surface area contributed by atoms with Crippen LogP contribution in [0.1, 0.15) is 34.8 Å². The summed E-state index contributed by atoms with van der Waals surface area (Å²) in [4.78, 5) is 16.1. The number of nitrogens with one attached hydrogen (secondary N) is 2. The van der Waals surface area contributed by atoms with E-state index in [9.17, 15) is 14.3 Å². The molecular weight excluding hydrogens is 399 g/mol. The molecule has 0 saturated heterocycles. The van der Waals surface area contributed by atoms with Crippen LogP contribution in [0.4, 0.5) is 4.39 Å². The van der Waals surface area contributed by atoms with E-state index < -0.39 is 11.9 Å². The van der Waals surface area contributed by atoms with E-state index in [1.165, 1.54) is 12.1 Å². The summed E-state index contributed by atoms with van der Waals surface area (Å²) >= 11 is 0. The first-order valence-corrected chi connectivity index (χ1v) is 10.1. The summed E-state index contributed by atoms with van der Waals surface area (Å²) in [5.74, 6) is 4.99. The Morgan fingerprint density at radius 1 is 1.26 bits per heavy atom. The van der Waals surface area contributed by atoms with Crippen molar-refractivity contribution in [1.29, 1.82) is 0 Å². The molecule has 1 heterocycles. The van der Waals surface area contributed by atoms with Crippen LogP contribution < -0.4 is 10.1 Å². The third kappa shape index (κ3) is 5.63. The molecule has 0 aliphatic carbocycles. The summed E-state index contributed by atoms with van der Waals surface area (Å²) < 4.78 is 19.3. The van der Waals surface area contributed by atoms with Crippen LogP contribution >= 0.6 is 0 Å². The molecule has 0 radical (unpaired) electrons. The molecule has 1 amide bonds. The molecule has 0 aliphatic heterocycles. The van der Waals surface area contributed by atoms with Crippen LogP contribution in [0.2, 0.25) is 0 Å². The van der Waals surface area contributed by atoms with Gasteiger partial charge < -0.3 is 25.3 Å². The number of H-pyrrole nitrogens is 1. The van der Waals surface area contributed by atoms with Crippen molar-refractivity contribution < 1.29 is 24.1 Å². The average molecular weight is 424 g/mol. The van der Waals surface area contributed by atoms with E-state index in [1.807, 2.05) is 6.92 Å². The zero-order chi connectivity index (χ0) is 22.2. The lowest BCUT2D eigenvalue weighted by atomic mass is 10.0. The third-order valence-corrected chi connectivity index (χ3v) is 4.75. The van der Waals surface area contributed by atoms with Gasteiger partial charge in [0.2, 0.25) is 0 Å². The number of amides is 1. The molecule has 31 heavy (non-hydrogen) atoms. The molecule has 6 nitrogen and oxygen atoms in total. The molecule has 0 spiro atoms. The van der Waals surface area contributed by atoms with Gasteiger partial charge in [0.25, 0.3) is 5.91 Å². The Bertz CT molecular complexity index is 1110. The first-order valence-electron chi connectivity index (χ1n) is 10.1. The SMILES string of the molecule is CCCOc1ccc(C#CCO)cc1C(=O)NC(CO)Cc1c[nH]c2ccc(F)cc12. The van der Waals surface area contributed by atoms with E-state index in [0.717, 1.165) is 17.5 Å². The van der Waals surface area contributed by atoms with Crippen molar-refractivity contribution >= 4 is 16.8 Å². The molecule has 4 N–H and O–H groups in total. The first-order chi connectivity index (χ1) is 15.0. The van der Waals surface area contributed by atoms with Crippen molar-refractivity contribution in [3.63, 3.8) is 0 Å². The summed E-state index contributed by atoms with van der Waals surface area (Å²) in [7, 11) is 0. The van der Waals surface area contributed by atoms with Crippen LogP contribution in [0.15, 0.2) is 42.6 Å². The van der Waals surface area contributed by atoms with E-state index >= 15 is 0 Å². The molecule has 3 aromatic rings. The van der Waals surface area contributed by atoms with Crippen LogP contribution in [0.5, 0.6) is 5.75 Å². The fraction of sp³-hybridized carbons (Fsp3) is 0.292. The summed E-state index contributed by atoms with van der Waals surface area (Å²) in [6.07, 6.45) is 2.85. The van der Waals surface area contributed by atoms with Gasteiger partial charge in [0.15, 0.2) is 0 Å². The lowest BCUT2D eigenvalue weighted by molar-refractivity contribution is 0.0912. The van der Waals surface area contributed by atoms with Crippen LogP contribution in [-0.4, -0.2) is 47.0 Å². The van der Waals surface area contributed by atoms with Crippen LogP contribution in [0.3, 0.4) is 0 Å². The molecule has 1 aromatic heterocycles. The Labute approximate surface area is 180 Å². The highest BCUT2D eigenvalue weighted by molar-refractivity contribution is 5.97. The average Bonchev–Trinajstić information content (AvgIpc) is 3.17. The number of hydrogen-bond donors (Lipinski definition) is 4. The van der Waals surface area contributed by atoms with Gasteiger partial charge >= 0.3 is 0 Å². The van der Waals surface area contributed by atoms with Crippen LogP contribution in [-0.2, 0) is 6.42 Å². The van der Waals surface area contributed by atoms with Gasteiger partial charge in [-0.3, -0.25) is 4.79 Å². The zero-order valence-corrected chi connectivity index (χ0v) is 17.2. The third-order valence-electron chi connectivity index (χ3n) is 4.75. The number of aliphatic hydroxyl groups is 2. The molecule has 1 unspecified atom stereocenters. The highest BCUT2D eigenvalue weighted by Gasteiger charge is 2.19. The molecule has 0 fully saturated rings. The van der Waals surface area contributed by atoms with E-state index in [1.54, 1.807) is 30.5 Å². The van der Waals surface area contributed by atoms with Crippen molar-refractivity contribution in [1.82, 2.24) is 10.3 Å². The maximum absolute atomic E-state index is 13.6. The Kier molecular flexibility index (Phi) is 7.65. The number of benzene rings is 2. The van der Waals surface area contributed by atoms with E-state index in [2.05, 4.69) is 22.1 Å². The van der Waals surface area contributed by atoms with Gasteiger partial charge in [0.1, 0.15) is 18.2 Å². The summed E-state index contributed by atoms with van der Waals surface area (Å²) in [6, 6.07) is 8.85. The Hall–Kier alpha value is -3.34. The second kappa shape index (κ2) is 10.6. The highest BCUT2D eigenvalue weighted by Crippen LogP contribution is 2.23. The number of aromatic amines is 1. The fourth-order valence-corrected chi connectivity index (χ4v) is 3.27. The topological polar surface area (TPSA) is 94.6 Å². The van der Waals surface area contributed by atoms with Crippen molar-refractivity contribution in [2.45, 2.75) is 25.8 Å².